The van der Waals surface area contributed by atoms with Gasteiger partial charge in [-0.3, -0.25) is 14.3 Å². The Hall–Kier alpha value is -1.90. The fraction of sp³-hybridized carbons (Fsp3) is 0.286. The standard InChI is InChI=1S/C14H16N2O/c1-14(2,3)12-10-11(7-8-15-12)16-9-5-4-6-13(16)17/h4-10H,1-3H3. The normalized spacial score (nSPS) is 11.5. The third kappa shape index (κ3) is 2.44. The topological polar surface area (TPSA) is 34.9 Å². The molecule has 0 fully saturated rings. The van der Waals surface area contributed by atoms with Gasteiger partial charge in [-0.15, -0.1) is 0 Å². The van der Waals surface area contributed by atoms with E-state index in [2.05, 4.69) is 25.8 Å². The lowest BCUT2D eigenvalue weighted by molar-refractivity contribution is 0.568. The maximum atomic E-state index is 11.7. The van der Waals surface area contributed by atoms with E-state index in [4.69, 9.17) is 0 Å². The van der Waals surface area contributed by atoms with Gasteiger partial charge in [0.25, 0.3) is 5.56 Å². The van der Waals surface area contributed by atoms with Crippen LogP contribution in [0.2, 0.25) is 0 Å². The van der Waals surface area contributed by atoms with E-state index >= 15 is 0 Å². The van der Waals surface area contributed by atoms with Crippen molar-refractivity contribution in [2.24, 2.45) is 0 Å². The van der Waals surface area contributed by atoms with Crippen molar-refractivity contribution in [3.8, 4) is 5.69 Å². The van der Waals surface area contributed by atoms with Gasteiger partial charge in [0.05, 0.1) is 5.69 Å². The zero-order chi connectivity index (χ0) is 12.5. The average Bonchev–Trinajstić information content (AvgIpc) is 2.29. The SMILES string of the molecule is CC(C)(C)c1cc(-n2ccccc2=O)ccn1. The highest BCUT2D eigenvalue weighted by molar-refractivity contribution is 5.34. The molecule has 0 radical (unpaired) electrons. The first-order valence-corrected chi connectivity index (χ1v) is 5.63. The minimum absolute atomic E-state index is 0.0194. The maximum absolute atomic E-state index is 11.7. The van der Waals surface area contributed by atoms with E-state index in [1.54, 1.807) is 29.1 Å². The number of hydrogen-bond acceptors (Lipinski definition) is 2. The van der Waals surface area contributed by atoms with Gasteiger partial charge in [0.1, 0.15) is 0 Å². The number of nitrogens with zero attached hydrogens (tertiary/aromatic N) is 2. The van der Waals surface area contributed by atoms with E-state index in [1.165, 1.54) is 0 Å². The minimum atomic E-state index is -0.0291. The van der Waals surface area contributed by atoms with Crippen LogP contribution >= 0.6 is 0 Å². The van der Waals surface area contributed by atoms with Crippen molar-refractivity contribution < 1.29 is 0 Å². The maximum Gasteiger partial charge on any atom is 0.255 e. The average molecular weight is 228 g/mol. The monoisotopic (exact) mass is 228 g/mol. The largest absolute Gasteiger partial charge is 0.284 e. The van der Waals surface area contributed by atoms with E-state index < -0.39 is 0 Å². The van der Waals surface area contributed by atoms with Gasteiger partial charge in [0.2, 0.25) is 0 Å². The van der Waals surface area contributed by atoms with Gasteiger partial charge < -0.3 is 0 Å². The smallest absolute Gasteiger partial charge is 0.255 e. The molecule has 2 aromatic heterocycles. The van der Waals surface area contributed by atoms with Gasteiger partial charge in [-0.25, -0.2) is 0 Å². The Morgan fingerprint density at radius 1 is 1.18 bits per heavy atom. The molecule has 0 spiro atoms. The Labute approximate surface area is 101 Å². The van der Waals surface area contributed by atoms with Gasteiger partial charge in [0, 0.05) is 29.6 Å². The lowest BCUT2D eigenvalue weighted by Crippen LogP contribution is -2.18. The zero-order valence-corrected chi connectivity index (χ0v) is 10.3. The molecule has 0 bridgehead atoms. The van der Waals surface area contributed by atoms with Gasteiger partial charge in [-0.1, -0.05) is 26.8 Å². The molecular weight excluding hydrogens is 212 g/mol. The Bertz CT molecular complexity index is 579. The van der Waals surface area contributed by atoms with Crippen LogP contribution in [0.3, 0.4) is 0 Å². The number of aromatic nitrogens is 2. The molecule has 0 aliphatic heterocycles. The van der Waals surface area contributed by atoms with E-state index in [0.717, 1.165) is 11.4 Å². The Balaban J connectivity index is 2.55. The summed E-state index contributed by atoms with van der Waals surface area (Å²) in [5.41, 5.74) is 1.79. The van der Waals surface area contributed by atoms with Gasteiger partial charge in [-0.2, -0.15) is 0 Å². The molecule has 0 aliphatic rings. The summed E-state index contributed by atoms with van der Waals surface area (Å²) in [6, 6.07) is 8.94. The molecule has 0 amide bonds. The van der Waals surface area contributed by atoms with E-state index in [9.17, 15) is 4.79 Å². The first-order valence-electron chi connectivity index (χ1n) is 5.63. The van der Waals surface area contributed by atoms with Crippen molar-refractivity contribution in [2.45, 2.75) is 26.2 Å². The summed E-state index contributed by atoms with van der Waals surface area (Å²) in [5.74, 6) is 0. The molecule has 0 saturated heterocycles. The predicted molar refractivity (Wildman–Crippen MR) is 68.5 cm³/mol. The van der Waals surface area contributed by atoms with Crippen molar-refractivity contribution >= 4 is 0 Å². The molecule has 88 valence electrons. The van der Waals surface area contributed by atoms with Crippen molar-refractivity contribution in [2.75, 3.05) is 0 Å². The van der Waals surface area contributed by atoms with Crippen LogP contribution in [0.5, 0.6) is 0 Å². The highest BCUT2D eigenvalue weighted by Gasteiger charge is 2.15. The zero-order valence-electron chi connectivity index (χ0n) is 10.3. The van der Waals surface area contributed by atoms with Crippen molar-refractivity contribution in [3.63, 3.8) is 0 Å². The van der Waals surface area contributed by atoms with Crippen LogP contribution in [0.25, 0.3) is 5.69 Å². The summed E-state index contributed by atoms with van der Waals surface area (Å²) in [6.07, 6.45) is 3.51. The molecular formula is C14H16N2O. The summed E-state index contributed by atoms with van der Waals surface area (Å²) in [7, 11) is 0. The highest BCUT2D eigenvalue weighted by atomic mass is 16.1. The Morgan fingerprint density at radius 3 is 2.59 bits per heavy atom. The number of hydrogen-bond donors (Lipinski definition) is 0. The first kappa shape index (κ1) is 11.6. The number of pyridine rings is 2. The van der Waals surface area contributed by atoms with Crippen LogP contribution in [0.1, 0.15) is 26.5 Å². The van der Waals surface area contributed by atoms with Gasteiger partial charge in [0.15, 0.2) is 0 Å². The van der Waals surface area contributed by atoms with Crippen molar-refractivity contribution in [1.29, 1.82) is 0 Å². The quantitative estimate of drug-likeness (QED) is 0.751. The third-order valence-corrected chi connectivity index (χ3v) is 2.61. The van der Waals surface area contributed by atoms with Crippen molar-refractivity contribution in [1.82, 2.24) is 9.55 Å². The predicted octanol–water partition coefficient (Wildman–Crippen LogP) is 2.53. The van der Waals surface area contributed by atoms with E-state index in [1.807, 2.05) is 18.2 Å². The van der Waals surface area contributed by atoms with Crippen molar-refractivity contribution in [3.05, 3.63) is 58.8 Å². The third-order valence-electron chi connectivity index (χ3n) is 2.61. The summed E-state index contributed by atoms with van der Waals surface area (Å²) in [4.78, 5) is 16.1. The van der Waals surface area contributed by atoms with Gasteiger partial charge in [-0.05, 0) is 18.2 Å². The minimum Gasteiger partial charge on any atom is -0.284 e. The summed E-state index contributed by atoms with van der Waals surface area (Å²) in [5, 5.41) is 0. The number of rotatable bonds is 1. The molecule has 0 saturated carbocycles. The van der Waals surface area contributed by atoms with Gasteiger partial charge >= 0.3 is 0 Å². The van der Waals surface area contributed by atoms with Crippen LogP contribution in [-0.4, -0.2) is 9.55 Å². The highest BCUT2D eigenvalue weighted by Crippen LogP contribution is 2.21. The second-order valence-electron chi connectivity index (χ2n) is 5.06. The van der Waals surface area contributed by atoms with Crippen LogP contribution in [-0.2, 0) is 5.41 Å². The second kappa shape index (κ2) is 4.17. The van der Waals surface area contributed by atoms with E-state index in [0.29, 0.717) is 0 Å². The van der Waals surface area contributed by atoms with Crippen LogP contribution in [0, 0.1) is 0 Å². The molecule has 2 heterocycles. The Kier molecular flexibility index (Phi) is 2.84. The second-order valence-corrected chi connectivity index (χ2v) is 5.06. The first-order chi connectivity index (χ1) is 7.98. The molecule has 2 rings (SSSR count). The van der Waals surface area contributed by atoms with E-state index in [-0.39, 0.29) is 11.0 Å². The molecule has 2 aromatic rings. The molecule has 0 aliphatic carbocycles. The van der Waals surface area contributed by atoms with Crippen LogP contribution in [0.4, 0.5) is 0 Å². The molecule has 0 N–H and O–H groups in total. The lowest BCUT2D eigenvalue weighted by atomic mass is 9.91. The molecule has 0 aromatic carbocycles. The molecule has 17 heavy (non-hydrogen) atoms. The summed E-state index contributed by atoms with van der Waals surface area (Å²) < 4.78 is 1.62. The molecule has 0 atom stereocenters. The Morgan fingerprint density at radius 2 is 1.94 bits per heavy atom. The fourth-order valence-electron chi connectivity index (χ4n) is 1.62. The summed E-state index contributed by atoms with van der Waals surface area (Å²) >= 11 is 0. The fourth-order valence-corrected chi connectivity index (χ4v) is 1.62. The van der Waals surface area contributed by atoms with Crippen LogP contribution < -0.4 is 5.56 Å². The van der Waals surface area contributed by atoms with Crippen LogP contribution in [0.15, 0.2) is 47.5 Å². The lowest BCUT2D eigenvalue weighted by Gasteiger charge is -2.18. The molecule has 3 nitrogen and oxygen atoms in total. The molecule has 3 heteroatoms. The molecule has 0 unspecified atom stereocenters. The summed E-state index contributed by atoms with van der Waals surface area (Å²) in [6.45, 7) is 6.31.